The van der Waals surface area contributed by atoms with E-state index in [-0.39, 0.29) is 31.0 Å². The first-order valence-corrected chi connectivity index (χ1v) is 11.1. The summed E-state index contributed by atoms with van der Waals surface area (Å²) in [6.07, 6.45) is 0. The van der Waals surface area contributed by atoms with Crippen LogP contribution in [-0.4, -0.2) is 35.4 Å². The Morgan fingerprint density at radius 2 is 1.70 bits per heavy atom. The quantitative estimate of drug-likeness (QED) is 0.469. The molecule has 0 aliphatic rings. The molecule has 9 heteroatoms. The first-order chi connectivity index (χ1) is 14.1. The topological polar surface area (TPSA) is 58.6 Å². The third kappa shape index (κ3) is 7.05. The molecule has 30 heavy (non-hydrogen) atoms. The molecule has 0 radical (unpaired) electrons. The van der Waals surface area contributed by atoms with Gasteiger partial charge in [-0.25, -0.2) is 0 Å². The van der Waals surface area contributed by atoms with Gasteiger partial charge in [-0.15, -0.1) is 0 Å². The molecule has 0 fully saturated rings. The fourth-order valence-electron chi connectivity index (χ4n) is 2.64. The molecule has 0 aliphatic carbocycles. The van der Waals surface area contributed by atoms with Crippen molar-refractivity contribution in [2.75, 3.05) is 6.61 Å². The number of carbonyl (C=O) groups is 2. The average Bonchev–Trinajstić information content (AvgIpc) is 2.65. The number of hydrogen-bond donors (Lipinski definition) is 1. The van der Waals surface area contributed by atoms with Gasteiger partial charge in [-0.3, -0.25) is 9.59 Å². The molecule has 0 saturated heterocycles. The van der Waals surface area contributed by atoms with Crippen LogP contribution in [0.1, 0.15) is 26.3 Å². The second-order valence-corrected chi connectivity index (χ2v) is 9.09. The van der Waals surface area contributed by atoms with Gasteiger partial charge < -0.3 is 15.0 Å². The summed E-state index contributed by atoms with van der Waals surface area (Å²) >= 11 is 21.5. The van der Waals surface area contributed by atoms with Gasteiger partial charge in [0.1, 0.15) is 11.8 Å². The van der Waals surface area contributed by atoms with Crippen molar-refractivity contribution in [3.05, 3.63) is 61.5 Å². The maximum absolute atomic E-state index is 13.0. The predicted octanol–water partition coefficient (Wildman–Crippen LogP) is 5.73. The maximum Gasteiger partial charge on any atom is 0.261 e. The summed E-state index contributed by atoms with van der Waals surface area (Å²) in [5, 5.41) is 4.27. The molecule has 2 aromatic rings. The Morgan fingerprint density at radius 3 is 2.30 bits per heavy atom. The summed E-state index contributed by atoms with van der Waals surface area (Å²) < 4.78 is 6.28. The zero-order chi connectivity index (χ0) is 22.4. The van der Waals surface area contributed by atoms with Crippen LogP contribution in [0, 0.1) is 0 Å². The molecule has 162 valence electrons. The number of halogens is 4. The van der Waals surface area contributed by atoms with Crippen LogP contribution in [0.5, 0.6) is 5.75 Å². The van der Waals surface area contributed by atoms with E-state index in [0.717, 1.165) is 0 Å². The van der Waals surface area contributed by atoms with Crippen LogP contribution < -0.4 is 10.1 Å². The first kappa shape index (κ1) is 24.8. The van der Waals surface area contributed by atoms with E-state index in [1.807, 2.05) is 13.8 Å². The van der Waals surface area contributed by atoms with Gasteiger partial charge in [0.2, 0.25) is 5.91 Å². The molecule has 2 aromatic carbocycles. The molecular formula is C21H22BrCl3N2O3. The molecule has 0 aromatic heterocycles. The second-order valence-electron chi connectivity index (χ2n) is 6.96. The zero-order valence-corrected chi connectivity index (χ0v) is 20.6. The molecule has 0 unspecified atom stereocenters. The van der Waals surface area contributed by atoms with E-state index in [2.05, 4.69) is 21.2 Å². The minimum Gasteiger partial charge on any atom is -0.483 e. The minimum absolute atomic E-state index is 0.0581. The SMILES string of the molecule is CC(C)NC(=O)[C@H](C)N(Cc1ccc(Cl)cc1Cl)C(=O)COc1ccc(Cl)cc1Br. The molecule has 1 atom stereocenters. The number of benzene rings is 2. The van der Waals surface area contributed by atoms with E-state index in [1.165, 1.54) is 4.90 Å². The van der Waals surface area contributed by atoms with Crippen LogP contribution in [0.3, 0.4) is 0 Å². The van der Waals surface area contributed by atoms with Crippen LogP contribution in [0.25, 0.3) is 0 Å². The standard InChI is InChI=1S/C21H22BrCl3N2O3/c1-12(2)26-21(29)13(3)27(10-14-4-5-16(24)9-18(14)25)20(28)11-30-19-7-6-15(23)8-17(19)22/h4-9,12-13H,10-11H2,1-3H3,(H,26,29)/t13-/m0/s1. The molecule has 0 heterocycles. The van der Waals surface area contributed by atoms with Gasteiger partial charge in [-0.2, -0.15) is 0 Å². The van der Waals surface area contributed by atoms with Gasteiger partial charge in [-0.05, 0) is 72.6 Å². The number of carbonyl (C=O) groups excluding carboxylic acids is 2. The summed E-state index contributed by atoms with van der Waals surface area (Å²) in [7, 11) is 0. The van der Waals surface area contributed by atoms with Gasteiger partial charge in [0.05, 0.1) is 4.47 Å². The minimum atomic E-state index is -0.732. The number of amides is 2. The van der Waals surface area contributed by atoms with Crippen molar-refractivity contribution < 1.29 is 14.3 Å². The fraction of sp³-hybridized carbons (Fsp3) is 0.333. The lowest BCUT2D eigenvalue weighted by molar-refractivity contribution is -0.142. The Bertz CT molecular complexity index is 924. The first-order valence-electron chi connectivity index (χ1n) is 9.20. The normalized spacial score (nSPS) is 11.9. The highest BCUT2D eigenvalue weighted by Crippen LogP contribution is 2.28. The molecule has 0 bridgehead atoms. The van der Waals surface area contributed by atoms with E-state index in [4.69, 9.17) is 39.5 Å². The summed E-state index contributed by atoms with van der Waals surface area (Å²) in [6.45, 7) is 5.25. The van der Waals surface area contributed by atoms with Crippen LogP contribution >= 0.6 is 50.7 Å². The molecule has 0 spiro atoms. The highest BCUT2D eigenvalue weighted by molar-refractivity contribution is 9.10. The summed E-state index contributed by atoms with van der Waals surface area (Å²) in [4.78, 5) is 27.0. The monoisotopic (exact) mass is 534 g/mol. The summed E-state index contributed by atoms with van der Waals surface area (Å²) in [5.41, 5.74) is 0.672. The number of hydrogen-bond acceptors (Lipinski definition) is 3. The van der Waals surface area contributed by atoms with Gasteiger partial charge >= 0.3 is 0 Å². The predicted molar refractivity (Wildman–Crippen MR) is 124 cm³/mol. The largest absolute Gasteiger partial charge is 0.483 e. The van der Waals surface area contributed by atoms with Crippen molar-refractivity contribution in [3.8, 4) is 5.75 Å². The van der Waals surface area contributed by atoms with Crippen LogP contribution in [0.15, 0.2) is 40.9 Å². The number of nitrogens with zero attached hydrogens (tertiary/aromatic N) is 1. The van der Waals surface area contributed by atoms with Gasteiger partial charge in [-0.1, -0.05) is 40.9 Å². The van der Waals surface area contributed by atoms with Gasteiger partial charge in [0.25, 0.3) is 5.91 Å². The highest BCUT2D eigenvalue weighted by atomic mass is 79.9. The smallest absolute Gasteiger partial charge is 0.261 e. The maximum atomic E-state index is 13.0. The number of ether oxygens (including phenoxy) is 1. The van der Waals surface area contributed by atoms with Crippen molar-refractivity contribution in [1.82, 2.24) is 10.2 Å². The van der Waals surface area contributed by atoms with Gasteiger partial charge in [0.15, 0.2) is 6.61 Å². The van der Waals surface area contributed by atoms with E-state index >= 15 is 0 Å². The summed E-state index contributed by atoms with van der Waals surface area (Å²) in [6, 6.07) is 9.22. The van der Waals surface area contributed by atoms with Crippen molar-refractivity contribution in [2.45, 2.75) is 39.4 Å². The van der Waals surface area contributed by atoms with E-state index in [1.54, 1.807) is 43.3 Å². The Labute approximate surface area is 199 Å². The third-order valence-corrected chi connectivity index (χ3v) is 5.64. The van der Waals surface area contributed by atoms with Crippen LogP contribution in [0.2, 0.25) is 15.1 Å². The molecule has 1 N–H and O–H groups in total. The number of rotatable bonds is 8. The highest BCUT2D eigenvalue weighted by Gasteiger charge is 2.27. The molecule has 2 amide bonds. The van der Waals surface area contributed by atoms with Crippen molar-refractivity contribution in [2.24, 2.45) is 0 Å². The van der Waals surface area contributed by atoms with Crippen molar-refractivity contribution >= 4 is 62.5 Å². The second kappa shape index (κ2) is 11.2. The lowest BCUT2D eigenvalue weighted by atomic mass is 10.1. The molecule has 5 nitrogen and oxygen atoms in total. The summed E-state index contributed by atoms with van der Waals surface area (Å²) in [5.74, 6) is -0.165. The average molecular weight is 537 g/mol. The Hall–Kier alpha value is -1.47. The molecule has 2 rings (SSSR count). The molecular weight excluding hydrogens is 515 g/mol. The van der Waals surface area contributed by atoms with Crippen LogP contribution in [0.4, 0.5) is 0 Å². The Balaban J connectivity index is 2.22. The Morgan fingerprint density at radius 1 is 1.07 bits per heavy atom. The fourth-order valence-corrected chi connectivity index (χ4v) is 3.90. The molecule has 0 saturated carbocycles. The van der Waals surface area contributed by atoms with E-state index in [9.17, 15) is 9.59 Å². The van der Waals surface area contributed by atoms with Gasteiger partial charge in [0, 0.05) is 27.7 Å². The zero-order valence-electron chi connectivity index (χ0n) is 16.7. The third-order valence-electron chi connectivity index (χ3n) is 4.20. The lowest BCUT2D eigenvalue weighted by Gasteiger charge is -2.29. The van der Waals surface area contributed by atoms with E-state index in [0.29, 0.717) is 30.9 Å². The molecule has 0 aliphatic heterocycles. The van der Waals surface area contributed by atoms with Crippen LogP contribution in [-0.2, 0) is 16.1 Å². The van der Waals surface area contributed by atoms with Crippen molar-refractivity contribution in [1.29, 1.82) is 0 Å². The number of nitrogens with one attached hydrogen (secondary N) is 1. The lowest BCUT2D eigenvalue weighted by Crippen LogP contribution is -2.50. The van der Waals surface area contributed by atoms with E-state index < -0.39 is 6.04 Å². The van der Waals surface area contributed by atoms with Crippen molar-refractivity contribution in [3.63, 3.8) is 0 Å². The Kier molecular flexibility index (Phi) is 9.29.